The fourth-order valence-electron chi connectivity index (χ4n) is 1.73. The van der Waals surface area contributed by atoms with Crippen molar-refractivity contribution in [3.63, 3.8) is 0 Å². The molecule has 2 N–H and O–H groups in total. The summed E-state index contributed by atoms with van der Waals surface area (Å²) < 4.78 is 0.800. The average molecular weight is 309 g/mol. The van der Waals surface area contributed by atoms with Gasteiger partial charge in [-0.1, -0.05) is 29.3 Å². The van der Waals surface area contributed by atoms with Crippen molar-refractivity contribution in [3.8, 4) is 0 Å². The zero-order valence-electron chi connectivity index (χ0n) is 11.3. The molecule has 1 aromatic carbocycles. The van der Waals surface area contributed by atoms with Crippen LogP contribution in [0.5, 0.6) is 0 Å². The van der Waals surface area contributed by atoms with E-state index in [4.69, 9.17) is 11.6 Å². The van der Waals surface area contributed by atoms with Gasteiger partial charge >= 0.3 is 0 Å². The Morgan fingerprint density at radius 1 is 1.15 bits per heavy atom. The van der Waals surface area contributed by atoms with E-state index in [0.717, 1.165) is 23.0 Å². The lowest BCUT2D eigenvalue weighted by Gasteiger charge is -2.06. The Balaban J connectivity index is 1.65. The Morgan fingerprint density at radius 2 is 1.90 bits per heavy atom. The first kappa shape index (κ1) is 15.0. The van der Waals surface area contributed by atoms with E-state index in [1.807, 2.05) is 43.3 Å². The number of nitrogens with one attached hydrogen (secondary N) is 2. The van der Waals surface area contributed by atoms with Crippen molar-refractivity contribution in [2.45, 2.75) is 13.5 Å². The van der Waals surface area contributed by atoms with E-state index in [2.05, 4.69) is 10.6 Å². The molecule has 1 amide bonds. The molecule has 0 aliphatic heterocycles. The first-order valence-electron chi connectivity index (χ1n) is 6.45. The minimum absolute atomic E-state index is 0.0361. The van der Waals surface area contributed by atoms with Crippen molar-refractivity contribution in [2.75, 3.05) is 13.1 Å². The molecule has 3 nitrogen and oxygen atoms in total. The van der Waals surface area contributed by atoms with E-state index in [0.29, 0.717) is 12.1 Å². The molecular weight excluding hydrogens is 292 g/mol. The van der Waals surface area contributed by atoms with E-state index in [9.17, 15) is 4.79 Å². The van der Waals surface area contributed by atoms with Gasteiger partial charge in [-0.05, 0) is 31.2 Å². The highest BCUT2D eigenvalue weighted by atomic mass is 35.5. The number of rotatable bonds is 6. The maximum Gasteiger partial charge on any atom is 0.251 e. The summed E-state index contributed by atoms with van der Waals surface area (Å²) in [6.45, 7) is 4.11. The third kappa shape index (κ3) is 4.63. The van der Waals surface area contributed by atoms with Gasteiger partial charge in [0.15, 0.2) is 0 Å². The Labute approximate surface area is 128 Å². The third-order valence-electron chi connectivity index (χ3n) is 2.83. The second-order valence-corrected chi connectivity index (χ2v) is 6.30. The van der Waals surface area contributed by atoms with Crippen molar-refractivity contribution in [3.05, 3.63) is 56.7 Å². The number of amides is 1. The van der Waals surface area contributed by atoms with Crippen LogP contribution in [0.4, 0.5) is 0 Å². The van der Waals surface area contributed by atoms with Crippen molar-refractivity contribution >= 4 is 28.8 Å². The molecule has 2 rings (SSSR count). The summed E-state index contributed by atoms with van der Waals surface area (Å²) >= 11 is 7.42. The molecule has 0 radical (unpaired) electrons. The molecule has 0 atom stereocenters. The number of benzene rings is 1. The number of carbonyl (C=O) groups is 1. The van der Waals surface area contributed by atoms with E-state index in [-0.39, 0.29) is 5.91 Å². The summed E-state index contributed by atoms with van der Waals surface area (Å²) in [5.41, 5.74) is 1.85. The third-order valence-corrected chi connectivity index (χ3v) is 4.06. The van der Waals surface area contributed by atoms with Gasteiger partial charge in [0.05, 0.1) is 4.34 Å². The van der Waals surface area contributed by atoms with Crippen molar-refractivity contribution < 1.29 is 4.79 Å². The fourth-order valence-corrected chi connectivity index (χ4v) is 2.79. The van der Waals surface area contributed by atoms with Gasteiger partial charge in [-0.3, -0.25) is 4.79 Å². The molecule has 0 aliphatic carbocycles. The van der Waals surface area contributed by atoms with Crippen LogP contribution in [0.15, 0.2) is 36.4 Å². The average Bonchev–Trinajstić information content (AvgIpc) is 2.84. The molecule has 5 heteroatoms. The predicted octanol–water partition coefficient (Wildman–Crippen LogP) is 3.23. The fraction of sp³-hybridized carbons (Fsp3) is 0.267. The van der Waals surface area contributed by atoms with E-state index < -0.39 is 0 Å². The number of hydrogen-bond acceptors (Lipinski definition) is 3. The molecule has 0 unspecified atom stereocenters. The highest BCUT2D eigenvalue weighted by Gasteiger charge is 2.03. The second kappa shape index (κ2) is 7.43. The van der Waals surface area contributed by atoms with Crippen LogP contribution in [0.25, 0.3) is 0 Å². The van der Waals surface area contributed by atoms with Crippen LogP contribution in [0, 0.1) is 6.92 Å². The van der Waals surface area contributed by atoms with Gasteiger partial charge < -0.3 is 10.6 Å². The molecular formula is C15H17ClN2OS. The Hall–Kier alpha value is -1.36. The SMILES string of the molecule is Cc1ccc(C(=O)NCCNCc2ccc(Cl)s2)cc1. The Kier molecular flexibility index (Phi) is 5.59. The molecule has 0 saturated heterocycles. The van der Waals surface area contributed by atoms with Crippen molar-refractivity contribution in [2.24, 2.45) is 0 Å². The van der Waals surface area contributed by atoms with Gasteiger partial charge in [-0.2, -0.15) is 0 Å². The number of thiophene rings is 1. The highest BCUT2D eigenvalue weighted by Crippen LogP contribution is 2.20. The topological polar surface area (TPSA) is 41.1 Å². The second-order valence-electron chi connectivity index (χ2n) is 4.50. The van der Waals surface area contributed by atoms with Crippen molar-refractivity contribution in [1.29, 1.82) is 0 Å². The minimum atomic E-state index is -0.0361. The van der Waals surface area contributed by atoms with Gasteiger partial charge in [0.1, 0.15) is 0 Å². The summed E-state index contributed by atoms with van der Waals surface area (Å²) in [5, 5.41) is 6.15. The van der Waals surface area contributed by atoms with Gasteiger partial charge in [-0.25, -0.2) is 0 Å². The van der Waals surface area contributed by atoms with E-state index >= 15 is 0 Å². The largest absolute Gasteiger partial charge is 0.351 e. The first-order valence-corrected chi connectivity index (χ1v) is 7.64. The normalized spacial score (nSPS) is 10.5. The summed E-state index contributed by atoms with van der Waals surface area (Å²) in [4.78, 5) is 13.0. The monoisotopic (exact) mass is 308 g/mol. The van der Waals surface area contributed by atoms with Gasteiger partial charge in [0.2, 0.25) is 0 Å². The molecule has 0 fully saturated rings. The highest BCUT2D eigenvalue weighted by molar-refractivity contribution is 7.16. The molecule has 106 valence electrons. The number of hydrogen-bond donors (Lipinski definition) is 2. The summed E-state index contributed by atoms with van der Waals surface area (Å²) in [6, 6.07) is 11.5. The van der Waals surface area contributed by atoms with Gasteiger partial charge in [0.25, 0.3) is 5.91 Å². The lowest BCUT2D eigenvalue weighted by Crippen LogP contribution is -2.31. The van der Waals surface area contributed by atoms with Crippen LogP contribution in [-0.2, 0) is 6.54 Å². The van der Waals surface area contributed by atoms with Crippen LogP contribution >= 0.6 is 22.9 Å². The first-order chi connectivity index (χ1) is 9.65. The van der Waals surface area contributed by atoms with Crippen LogP contribution in [0.3, 0.4) is 0 Å². The smallest absolute Gasteiger partial charge is 0.251 e. The maximum absolute atomic E-state index is 11.8. The molecule has 0 aliphatic rings. The molecule has 2 aromatic rings. The molecule has 0 saturated carbocycles. The lowest BCUT2D eigenvalue weighted by molar-refractivity contribution is 0.0954. The Morgan fingerprint density at radius 3 is 2.55 bits per heavy atom. The van der Waals surface area contributed by atoms with E-state index in [1.54, 1.807) is 11.3 Å². The quantitative estimate of drug-likeness (QED) is 0.804. The molecule has 0 spiro atoms. The van der Waals surface area contributed by atoms with Crippen LogP contribution < -0.4 is 10.6 Å². The van der Waals surface area contributed by atoms with Crippen LogP contribution in [0.1, 0.15) is 20.8 Å². The number of halogens is 1. The summed E-state index contributed by atoms with van der Waals surface area (Å²) in [7, 11) is 0. The lowest BCUT2D eigenvalue weighted by atomic mass is 10.1. The van der Waals surface area contributed by atoms with E-state index in [1.165, 1.54) is 4.88 Å². The van der Waals surface area contributed by atoms with Crippen molar-refractivity contribution in [1.82, 2.24) is 10.6 Å². The standard InChI is InChI=1S/C15H17ClN2OS/c1-11-2-4-12(5-3-11)15(19)18-9-8-17-10-13-6-7-14(16)20-13/h2-7,17H,8-10H2,1H3,(H,18,19). The number of carbonyl (C=O) groups excluding carboxylic acids is 1. The maximum atomic E-state index is 11.8. The van der Waals surface area contributed by atoms with Crippen LogP contribution in [-0.4, -0.2) is 19.0 Å². The van der Waals surface area contributed by atoms with Gasteiger partial charge in [-0.15, -0.1) is 11.3 Å². The summed E-state index contributed by atoms with van der Waals surface area (Å²) in [6.07, 6.45) is 0. The molecule has 20 heavy (non-hydrogen) atoms. The predicted molar refractivity (Wildman–Crippen MR) is 84.5 cm³/mol. The van der Waals surface area contributed by atoms with Crippen LogP contribution in [0.2, 0.25) is 4.34 Å². The zero-order valence-corrected chi connectivity index (χ0v) is 12.9. The Bertz CT molecular complexity index is 566. The molecule has 1 heterocycles. The minimum Gasteiger partial charge on any atom is -0.351 e. The number of aryl methyl sites for hydroxylation is 1. The molecule has 1 aromatic heterocycles. The van der Waals surface area contributed by atoms with Gasteiger partial charge in [0, 0.05) is 30.1 Å². The molecule has 0 bridgehead atoms. The zero-order chi connectivity index (χ0) is 14.4. The summed E-state index contributed by atoms with van der Waals surface area (Å²) in [5.74, 6) is -0.0361.